The molecule has 3 nitrogen and oxygen atoms in total. The van der Waals surface area contributed by atoms with Crippen molar-refractivity contribution in [3.63, 3.8) is 0 Å². The van der Waals surface area contributed by atoms with Gasteiger partial charge in [0.2, 0.25) is 5.95 Å². The molecule has 0 saturated carbocycles. The first-order valence-corrected chi connectivity index (χ1v) is 6.15. The van der Waals surface area contributed by atoms with E-state index in [1.54, 1.807) is 12.4 Å². The van der Waals surface area contributed by atoms with Gasteiger partial charge in [-0.2, -0.15) is 0 Å². The van der Waals surface area contributed by atoms with Crippen LogP contribution in [0.2, 0.25) is 0 Å². The Bertz CT molecular complexity index is 502. The summed E-state index contributed by atoms with van der Waals surface area (Å²) in [5, 5.41) is 0. The predicted octanol–water partition coefficient (Wildman–Crippen LogP) is 3.62. The van der Waals surface area contributed by atoms with Crippen molar-refractivity contribution < 1.29 is 0 Å². The van der Waals surface area contributed by atoms with Crippen molar-refractivity contribution in [1.82, 2.24) is 9.97 Å². The Balaban J connectivity index is 2.36. The van der Waals surface area contributed by atoms with Crippen LogP contribution >= 0.6 is 15.9 Å². The molecule has 1 aromatic carbocycles. The third-order valence-corrected chi connectivity index (χ3v) is 2.91. The van der Waals surface area contributed by atoms with Crippen molar-refractivity contribution in [1.29, 1.82) is 0 Å². The zero-order valence-corrected chi connectivity index (χ0v) is 11.7. The molecule has 0 aliphatic heterocycles. The zero-order chi connectivity index (χ0) is 12.4. The lowest BCUT2D eigenvalue weighted by molar-refractivity contribution is 1.03. The number of aromatic nitrogens is 2. The third kappa shape index (κ3) is 2.82. The van der Waals surface area contributed by atoms with E-state index in [0.29, 0.717) is 5.95 Å². The number of rotatable bonds is 2. The fraction of sp³-hybridized carbons (Fsp3) is 0.231. The number of hydrogen-bond acceptors (Lipinski definition) is 3. The molecule has 0 aliphatic carbocycles. The van der Waals surface area contributed by atoms with Crippen LogP contribution in [0, 0.1) is 13.8 Å². The standard InChI is InChI=1S/C13H14BrN3/c1-9-4-10(2)6-12(5-9)17(3)13-15-7-11(14)8-16-13/h4-8H,1-3H3. The summed E-state index contributed by atoms with van der Waals surface area (Å²) in [5.41, 5.74) is 3.58. The smallest absolute Gasteiger partial charge is 0.229 e. The monoisotopic (exact) mass is 291 g/mol. The Morgan fingerprint density at radius 1 is 1.00 bits per heavy atom. The normalized spacial score (nSPS) is 10.4. The summed E-state index contributed by atoms with van der Waals surface area (Å²) in [7, 11) is 1.97. The van der Waals surface area contributed by atoms with Crippen molar-refractivity contribution >= 4 is 27.6 Å². The molecule has 0 atom stereocenters. The van der Waals surface area contributed by atoms with E-state index in [0.717, 1.165) is 10.2 Å². The van der Waals surface area contributed by atoms with Gasteiger partial charge in [0, 0.05) is 25.1 Å². The highest BCUT2D eigenvalue weighted by Gasteiger charge is 2.07. The Morgan fingerprint density at radius 3 is 2.06 bits per heavy atom. The Kier molecular flexibility index (Phi) is 3.43. The number of anilines is 2. The summed E-state index contributed by atoms with van der Waals surface area (Å²) < 4.78 is 0.884. The van der Waals surface area contributed by atoms with Crippen LogP contribution in [0.5, 0.6) is 0 Å². The summed E-state index contributed by atoms with van der Waals surface area (Å²) in [6.07, 6.45) is 3.50. The summed E-state index contributed by atoms with van der Waals surface area (Å²) in [5.74, 6) is 0.693. The molecule has 4 heteroatoms. The van der Waals surface area contributed by atoms with Crippen LogP contribution < -0.4 is 4.90 Å². The van der Waals surface area contributed by atoms with Gasteiger partial charge in [-0.3, -0.25) is 0 Å². The molecule has 0 aliphatic rings. The molecule has 0 spiro atoms. The topological polar surface area (TPSA) is 29.0 Å². The van der Waals surface area contributed by atoms with Gasteiger partial charge in [-0.25, -0.2) is 9.97 Å². The van der Waals surface area contributed by atoms with Crippen LogP contribution in [0.1, 0.15) is 11.1 Å². The number of hydrogen-bond donors (Lipinski definition) is 0. The van der Waals surface area contributed by atoms with Gasteiger partial charge in [-0.05, 0) is 53.0 Å². The van der Waals surface area contributed by atoms with Crippen molar-refractivity contribution in [3.05, 3.63) is 46.2 Å². The van der Waals surface area contributed by atoms with E-state index in [1.807, 2.05) is 11.9 Å². The van der Waals surface area contributed by atoms with Gasteiger partial charge in [-0.15, -0.1) is 0 Å². The first-order chi connectivity index (χ1) is 8.06. The first kappa shape index (κ1) is 12.0. The molecule has 0 saturated heterocycles. The highest BCUT2D eigenvalue weighted by atomic mass is 79.9. The second-order valence-electron chi connectivity index (χ2n) is 4.11. The van der Waals surface area contributed by atoms with Crippen molar-refractivity contribution in [3.8, 4) is 0 Å². The second-order valence-corrected chi connectivity index (χ2v) is 5.02. The van der Waals surface area contributed by atoms with Gasteiger partial charge < -0.3 is 4.90 Å². The zero-order valence-electron chi connectivity index (χ0n) is 10.1. The van der Waals surface area contributed by atoms with Crippen LogP contribution in [0.3, 0.4) is 0 Å². The average Bonchev–Trinajstić information content (AvgIpc) is 2.28. The molecule has 0 fully saturated rings. The van der Waals surface area contributed by atoms with E-state index < -0.39 is 0 Å². The number of benzene rings is 1. The SMILES string of the molecule is Cc1cc(C)cc(N(C)c2ncc(Br)cn2)c1. The fourth-order valence-corrected chi connectivity index (χ4v) is 1.94. The third-order valence-electron chi connectivity index (χ3n) is 2.50. The summed E-state index contributed by atoms with van der Waals surface area (Å²) in [4.78, 5) is 10.5. The summed E-state index contributed by atoms with van der Waals surface area (Å²) >= 11 is 3.33. The van der Waals surface area contributed by atoms with E-state index >= 15 is 0 Å². The van der Waals surface area contributed by atoms with E-state index in [-0.39, 0.29) is 0 Å². The molecule has 1 heterocycles. The van der Waals surface area contributed by atoms with E-state index in [2.05, 4.69) is 57.9 Å². The highest BCUT2D eigenvalue weighted by Crippen LogP contribution is 2.23. The van der Waals surface area contributed by atoms with Gasteiger partial charge in [0.25, 0.3) is 0 Å². The summed E-state index contributed by atoms with van der Waals surface area (Å²) in [6, 6.07) is 6.40. The quantitative estimate of drug-likeness (QED) is 0.846. The van der Waals surface area contributed by atoms with Gasteiger partial charge in [-0.1, -0.05) is 6.07 Å². The molecule has 0 unspecified atom stereocenters. The molecule has 88 valence electrons. The minimum Gasteiger partial charge on any atom is -0.314 e. The van der Waals surface area contributed by atoms with E-state index in [1.165, 1.54) is 11.1 Å². The van der Waals surface area contributed by atoms with Crippen LogP contribution in [-0.4, -0.2) is 17.0 Å². The van der Waals surface area contributed by atoms with Crippen LogP contribution in [0.4, 0.5) is 11.6 Å². The molecule has 0 bridgehead atoms. The molecule has 2 aromatic rings. The number of halogens is 1. The lowest BCUT2D eigenvalue weighted by atomic mass is 10.1. The maximum absolute atomic E-state index is 4.28. The number of nitrogens with zero attached hydrogens (tertiary/aromatic N) is 3. The number of aryl methyl sites for hydroxylation is 2. The molecule has 0 amide bonds. The fourth-order valence-electron chi connectivity index (χ4n) is 1.74. The van der Waals surface area contributed by atoms with Crippen LogP contribution in [0.25, 0.3) is 0 Å². The van der Waals surface area contributed by atoms with E-state index in [9.17, 15) is 0 Å². The average molecular weight is 292 g/mol. The predicted molar refractivity (Wildman–Crippen MR) is 73.7 cm³/mol. The minimum atomic E-state index is 0.693. The first-order valence-electron chi connectivity index (χ1n) is 5.36. The lowest BCUT2D eigenvalue weighted by Crippen LogP contribution is -2.13. The lowest BCUT2D eigenvalue weighted by Gasteiger charge is -2.18. The van der Waals surface area contributed by atoms with Gasteiger partial charge in [0.1, 0.15) is 0 Å². The maximum Gasteiger partial charge on any atom is 0.229 e. The highest BCUT2D eigenvalue weighted by molar-refractivity contribution is 9.10. The maximum atomic E-state index is 4.28. The summed E-state index contributed by atoms with van der Waals surface area (Å²) in [6.45, 7) is 4.18. The van der Waals surface area contributed by atoms with Crippen molar-refractivity contribution in [2.45, 2.75) is 13.8 Å². The van der Waals surface area contributed by atoms with Crippen LogP contribution in [-0.2, 0) is 0 Å². The van der Waals surface area contributed by atoms with Crippen molar-refractivity contribution in [2.75, 3.05) is 11.9 Å². The molecule has 2 rings (SSSR count). The minimum absolute atomic E-state index is 0.693. The van der Waals surface area contributed by atoms with Gasteiger partial charge >= 0.3 is 0 Å². The molecule has 0 N–H and O–H groups in total. The van der Waals surface area contributed by atoms with Gasteiger partial charge in [0.15, 0.2) is 0 Å². The van der Waals surface area contributed by atoms with Crippen LogP contribution in [0.15, 0.2) is 35.1 Å². The molecule has 0 radical (unpaired) electrons. The second kappa shape index (κ2) is 4.84. The Labute approximate surface area is 110 Å². The van der Waals surface area contributed by atoms with Crippen molar-refractivity contribution in [2.24, 2.45) is 0 Å². The largest absolute Gasteiger partial charge is 0.314 e. The molecular formula is C13H14BrN3. The Hall–Kier alpha value is -1.42. The molecular weight excluding hydrogens is 278 g/mol. The Morgan fingerprint density at radius 2 is 1.53 bits per heavy atom. The van der Waals surface area contributed by atoms with E-state index in [4.69, 9.17) is 0 Å². The molecule has 17 heavy (non-hydrogen) atoms. The molecule has 1 aromatic heterocycles. The van der Waals surface area contributed by atoms with Gasteiger partial charge in [0.05, 0.1) is 4.47 Å².